The standard InChI is InChI=1S/C18H21FN2O4S/c1-21(2)26(23,24)17-12-15(9-10-16(17)25-3)20-18(22)11-6-13-4-7-14(19)8-5-13/h4-5,7-10,12H,6,11H2,1-3H3,(H,20,22). The van der Waals surface area contributed by atoms with Crippen LogP contribution < -0.4 is 10.1 Å². The van der Waals surface area contributed by atoms with E-state index in [9.17, 15) is 17.6 Å². The minimum Gasteiger partial charge on any atom is -0.495 e. The van der Waals surface area contributed by atoms with Gasteiger partial charge in [0.25, 0.3) is 0 Å². The smallest absolute Gasteiger partial charge is 0.246 e. The van der Waals surface area contributed by atoms with Crippen LogP contribution >= 0.6 is 0 Å². The Bertz CT molecular complexity index is 881. The molecule has 0 unspecified atom stereocenters. The number of carbonyl (C=O) groups excluding carboxylic acids is 1. The van der Waals surface area contributed by atoms with Crippen molar-refractivity contribution >= 4 is 21.6 Å². The predicted octanol–water partition coefficient (Wildman–Crippen LogP) is 2.66. The number of benzene rings is 2. The zero-order valence-corrected chi connectivity index (χ0v) is 15.6. The van der Waals surface area contributed by atoms with Crippen molar-refractivity contribution in [1.82, 2.24) is 4.31 Å². The second-order valence-electron chi connectivity index (χ2n) is 5.83. The summed E-state index contributed by atoms with van der Waals surface area (Å²) in [6, 6.07) is 10.4. The fraction of sp³-hybridized carbons (Fsp3) is 0.278. The number of anilines is 1. The molecular formula is C18H21FN2O4S. The molecule has 0 aliphatic carbocycles. The normalized spacial score (nSPS) is 11.4. The van der Waals surface area contributed by atoms with Crippen LogP contribution in [0.5, 0.6) is 5.75 Å². The van der Waals surface area contributed by atoms with Gasteiger partial charge in [0, 0.05) is 26.2 Å². The average Bonchev–Trinajstić information content (AvgIpc) is 2.61. The molecule has 0 atom stereocenters. The molecule has 6 nitrogen and oxygen atoms in total. The van der Waals surface area contributed by atoms with Crippen molar-refractivity contribution in [2.24, 2.45) is 0 Å². The molecule has 1 amide bonds. The Labute approximate surface area is 152 Å². The molecule has 0 aromatic heterocycles. The third-order valence-corrected chi connectivity index (χ3v) is 5.60. The van der Waals surface area contributed by atoms with Gasteiger partial charge in [0.05, 0.1) is 7.11 Å². The lowest BCUT2D eigenvalue weighted by atomic mass is 10.1. The Morgan fingerprint density at radius 2 is 1.81 bits per heavy atom. The number of amides is 1. The molecule has 0 bridgehead atoms. The molecule has 26 heavy (non-hydrogen) atoms. The summed E-state index contributed by atoms with van der Waals surface area (Å²) in [5, 5.41) is 2.67. The molecule has 0 radical (unpaired) electrons. The van der Waals surface area contributed by atoms with Crippen LogP contribution in [0.25, 0.3) is 0 Å². The van der Waals surface area contributed by atoms with Crippen LogP contribution in [0.3, 0.4) is 0 Å². The van der Waals surface area contributed by atoms with E-state index < -0.39 is 10.0 Å². The minimum atomic E-state index is -3.72. The maximum atomic E-state index is 12.9. The lowest BCUT2D eigenvalue weighted by Crippen LogP contribution is -2.23. The highest BCUT2D eigenvalue weighted by molar-refractivity contribution is 7.89. The Morgan fingerprint density at radius 1 is 1.15 bits per heavy atom. The van der Waals surface area contributed by atoms with E-state index in [4.69, 9.17) is 4.74 Å². The number of halogens is 1. The number of rotatable bonds is 7. The van der Waals surface area contributed by atoms with E-state index in [1.807, 2.05) is 0 Å². The van der Waals surface area contributed by atoms with Crippen molar-refractivity contribution < 1.29 is 22.3 Å². The van der Waals surface area contributed by atoms with Crippen molar-refractivity contribution in [1.29, 1.82) is 0 Å². The van der Waals surface area contributed by atoms with Crippen molar-refractivity contribution in [3.63, 3.8) is 0 Å². The number of nitrogens with one attached hydrogen (secondary N) is 1. The molecule has 2 aromatic rings. The predicted molar refractivity (Wildman–Crippen MR) is 97.2 cm³/mol. The van der Waals surface area contributed by atoms with Crippen LogP contribution in [0.15, 0.2) is 47.4 Å². The van der Waals surface area contributed by atoms with E-state index in [1.54, 1.807) is 18.2 Å². The first-order valence-electron chi connectivity index (χ1n) is 7.89. The zero-order chi connectivity index (χ0) is 19.3. The summed E-state index contributed by atoms with van der Waals surface area (Å²) in [4.78, 5) is 12.1. The Balaban J connectivity index is 2.11. The van der Waals surface area contributed by atoms with Gasteiger partial charge >= 0.3 is 0 Å². The molecular weight excluding hydrogens is 359 g/mol. The molecule has 0 spiro atoms. The molecule has 0 fully saturated rings. The topological polar surface area (TPSA) is 75.7 Å². The van der Waals surface area contributed by atoms with Gasteiger partial charge in [-0.1, -0.05) is 12.1 Å². The lowest BCUT2D eigenvalue weighted by molar-refractivity contribution is -0.116. The number of nitrogens with zero attached hydrogens (tertiary/aromatic N) is 1. The zero-order valence-electron chi connectivity index (χ0n) is 14.8. The number of carbonyl (C=O) groups is 1. The average molecular weight is 380 g/mol. The van der Waals surface area contributed by atoms with Gasteiger partial charge in [-0.25, -0.2) is 17.1 Å². The van der Waals surface area contributed by atoms with Crippen LogP contribution in [-0.4, -0.2) is 39.8 Å². The van der Waals surface area contributed by atoms with Gasteiger partial charge in [0.1, 0.15) is 16.5 Å². The van der Waals surface area contributed by atoms with Gasteiger partial charge in [0.2, 0.25) is 15.9 Å². The molecule has 0 saturated carbocycles. The second-order valence-corrected chi connectivity index (χ2v) is 7.95. The van der Waals surface area contributed by atoms with Crippen molar-refractivity contribution in [3.8, 4) is 5.75 Å². The fourth-order valence-corrected chi connectivity index (χ4v) is 3.36. The molecule has 8 heteroatoms. The molecule has 2 rings (SSSR count). The van der Waals surface area contributed by atoms with Crippen LogP contribution in [0.4, 0.5) is 10.1 Å². The van der Waals surface area contributed by atoms with Crippen LogP contribution in [0.2, 0.25) is 0 Å². The van der Waals surface area contributed by atoms with Crippen LogP contribution in [0.1, 0.15) is 12.0 Å². The van der Waals surface area contributed by atoms with Gasteiger partial charge in [-0.05, 0) is 42.3 Å². The summed E-state index contributed by atoms with van der Waals surface area (Å²) < 4.78 is 43.8. The summed E-state index contributed by atoms with van der Waals surface area (Å²) in [5.41, 5.74) is 1.20. The Kier molecular flexibility index (Phi) is 6.33. The first kappa shape index (κ1) is 19.9. The summed E-state index contributed by atoms with van der Waals surface area (Å²) in [6.45, 7) is 0. The number of methoxy groups -OCH3 is 1. The van der Waals surface area contributed by atoms with Crippen LogP contribution in [0, 0.1) is 5.82 Å². The monoisotopic (exact) mass is 380 g/mol. The maximum absolute atomic E-state index is 12.9. The highest BCUT2D eigenvalue weighted by Crippen LogP contribution is 2.28. The van der Waals surface area contributed by atoms with Crippen molar-refractivity contribution in [3.05, 3.63) is 53.8 Å². The van der Waals surface area contributed by atoms with E-state index in [2.05, 4.69) is 5.32 Å². The first-order chi connectivity index (χ1) is 12.2. The van der Waals surface area contributed by atoms with Crippen molar-refractivity contribution in [2.75, 3.05) is 26.5 Å². The van der Waals surface area contributed by atoms with Gasteiger partial charge in [-0.15, -0.1) is 0 Å². The van der Waals surface area contributed by atoms with Gasteiger partial charge in [0.15, 0.2) is 0 Å². The third kappa shape index (κ3) is 4.80. The summed E-state index contributed by atoms with van der Waals surface area (Å²) >= 11 is 0. The maximum Gasteiger partial charge on any atom is 0.246 e. The van der Waals surface area contributed by atoms with E-state index in [-0.39, 0.29) is 28.8 Å². The fourth-order valence-electron chi connectivity index (χ4n) is 2.29. The molecule has 2 aromatic carbocycles. The van der Waals surface area contributed by atoms with E-state index in [0.29, 0.717) is 12.1 Å². The molecule has 0 heterocycles. The number of aryl methyl sites for hydroxylation is 1. The number of ether oxygens (including phenoxy) is 1. The van der Waals surface area contributed by atoms with Gasteiger partial charge in [-0.3, -0.25) is 4.79 Å². The second kappa shape index (κ2) is 8.29. The SMILES string of the molecule is COc1ccc(NC(=O)CCc2ccc(F)cc2)cc1S(=O)(=O)N(C)C. The van der Waals surface area contributed by atoms with Crippen LogP contribution in [-0.2, 0) is 21.2 Å². The van der Waals surface area contributed by atoms with Gasteiger partial charge in [-0.2, -0.15) is 0 Å². The molecule has 140 valence electrons. The van der Waals surface area contributed by atoms with E-state index >= 15 is 0 Å². The molecule has 0 aliphatic heterocycles. The first-order valence-corrected chi connectivity index (χ1v) is 9.33. The quantitative estimate of drug-likeness (QED) is 0.801. The largest absolute Gasteiger partial charge is 0.495 e. The molecule has 0 aliphatic rings. The third-order valence-electron chi connectivity index (χ3n) is 3.76. The van der Waals surface area contributed by atoms with Crippen molar-refractivity contribution in [2.45, 2.75) is 17.7 Å². The minimum absolute atomic E-state index is 0.0265. The summed E-state index contributed by atoms with van der Waals surface area (Å²) in [5.74, 6) is -0.401. The molecule has 0 saturated heterocycles. The molecule has 1 N–H and O–H groups in total. The van der Waals surface area contributed by atoms with E-state index in [0.717, 1.165) is 9.87 Å². The summed E-state index contributed by atoms with van der Waals surface area (Å²) in [6.07, 6.45) is 0.637. The Hall–Kier alpha value is -2.45. The lowest BCUT2D eigenvalue weighted by Gasteiger charge is -2.16. The number of sulfonamides is 1. The van der Waals surface area contributed by atoms with E-state index in [1.165, 1.54) is 45.5 Å². The highest BCUT2D eigenvalue weighted by atomic mass is 32.2. The number of hydrogen-bond donors (Lipinski definition) is 1. The highest BCUT2D eigenvalue weighted by Gasteiger charge is 2.23. The number of hydrogen-bond acceptors (Lipinski definition) is 4. The Morgan fingerprint density at radius 3 is 2.38 bits per heavy atom. The van der Waals surface area contributed by atoms with Gasteiger partial charge < -0.3 is 10.1 Å². The summed E-state index contributed by atoms with van der Waals surface area (Å²) in [7, 11) is 0.503.